The first-order valence-corrected chi connectivity index (χ1v) is 13.2. The molecule has 6 rings (SSSR count). The molecule has 4 aromatic rings. The Labute approximate surface area is 215 Å². The van der Waals surface area contributed by atoms with Crippen LogP contribution in [0.1, 0.15) is 56.6 Å². The molecule has 8 nitrogen and oxygen atoms in total. The highest BCUT2D eigenvalue weighted by Crippen LogP contribution is 2.39. The van der Waals surface area contributed by atoms with E-state index in [4.69, 9.17) is 15.6 Å². The van der Waals surface area contributed by atoms with Gasteiger partial charge >= 0.3 is 0 Å². The fourth-order valence-electron chi connectivity index (χ4n) is 5.62. The molecule has 4 heterocycles. The number of aromatic nitrogens is 4. The molecule has 37 heavy (non-hydrogen) atoms. The van der Waals surface area contributed by atoms with Crippen molar-refractivity contribution in [3.05, 3.63) is 54.4 Å². The van der Waals surface area contributed by atoms with Crippen molar-refractivity contribution >= 4 is 39.6 Å². The summed E-state index contributed by atoms with van der Waals surface area (Å²) in [5.74, 6) is 0.559. The maximum absolute atomic E-state index is 12.6. The van der Waals surface area contributed by atoms with E-state index in [1.165, 1.54) is 0 Å². The summed E-state index contributed by atoms with van der Waals surface area (Å²) in [6.07, 6.45) is 13.8. The number of anilines is 1. The zero-order chi connectivity index (χ0) is 25.2. The van der Waals surface area contributed by atoms with E-state index in [2.05, 4.69) is 44.3 Å². The predicted octanol–water partition coefficient (Wildman–Crippen LogP) is 5.04. The summed E-state index contributed by atoms with van der Waals surface area (Å²) < 4.78 is 7.87. The lowest BCUT2D eigenvalue weighted by atomic mass is 9.90. The Morgan fingerprint density at radius 3 is 2.95 bits per heavy atom. The van der Waals surface area contributed by atoms with Gasteiger partial charge in [-0.1, -0.05) is 30.4 Å². The fourth-order valence-corrected chi connectivity index (χ4v) is 5.62. The number of nitrogen functional groups attached to an aromatic ring is 1. The number of rotatable bonds is 1. The first kappa shape index (κ1) is 23.6. The summed E-state index contributed by atoms with van der Waals surface area (Å²) in [5, 5.41) is 10.3. The Morgan fingerprint density at radius 1 is 1.08 bits per heavy atom. The van der Waals surface area contributed by atoms with Gasteiger partial charge in [-0.25, -0.2) is 4.98 Å². The Balaban J connectivity index is 1.51. The van der Waals surface area contributed by atoms with Gasteiger partial charge in [-0.3, -0.25) is 14.5 Å². The SMILES string of the molecule is Nc1ncc2c3c1c(-c1cnc4ccccc4c1)nn3[C@@H]1CCC[C@H](C1)NC(=O)CCCOCCC=C2. The van der Waals surface area contributed by atoms with Gasteiger partial charge in [-0.05, 0) is 50.7 Å². The van der Waals surface area contributed by atoms with Crippen LogP contribution >= 0.6 is 0 Å². The van der Waals surface area contributed by atoms with Gasteiger partial charge in [0.25, 0.3) is 0 Å². The molecule has 0 spiro atoms. The molecule has 1 fully saturated rings. The summed E-state index contributed by atoms with van der Waals surface area (Å²) in [6, 6.07) is 10.5. The van der Waals surface area contributed by atoms with Gasteiger partial charge in [-0.2, -0.15) is 5.10 Å². The number of para-hydroxylation sites is 1. The lowest BCUT2D eigenvalue weighted by Gasteiger charge is -2.30. The predicted molar refractivity (Wildman–Crippen MR) is 146 cm³/mol. The van der Waals surface area contributed by atoms with Gasteiger partial charge in [0.2, 0.25) is 5.91 Å². The number of nitrogens with two attached hydrogens (primary N) is 1. The van der Waals surface area contributed by atoms with E-state index in [0.29, 0.717) is 25.5 Å². The van der Waals surface area contributed by atoms with Crippen LogP contribution in [-0.4, -0.2) is 44.9 Å². The summed E-state index contributed by atoms with van der Waals surface area (Å²) in [7, 11) is 0. The first-order valence-electron chi connectivity index (χ1n) is 13.2. The molecule has 2 atom stereocenters. The van der Waals surface area contributed by atoms with E-state index in [9.17, 15) is 4.79 Å². The van der Waals surface area contributed by atoms with Gasteiger partial charge in [0.1, 0.15) is 11.5 Å². The highest BCUT2D eigenvalue weighted by molar-refractivity contribution is 6.04. The monoisotopic (exact) mass is 496 g/mol. The third kappa shape index (κ3) is 4.81. The quantitative estimate of drug-likeness (QED) is 0.382. The summed E-state index contributed by atoms with van der Waals surface area (Å²) >= 11 is 0. The Morgan fingerprint density at radius 2 is 2.00 bits per heavy atom. The molecule has 0 saturated heterocycles. The number of ether oxygens (including phenoxy) is 1. The molecule has 0 radical (unpaired) electrons. The highest BCUT2D eigenvalue weighted by atomic mass is 16.5. The zero-order valence-corrected chi connectivity index (χ0v) is 20.9. The number of carbonyl (C=O) groups excluding carboxylic acids is 1. The first-order chi connectivity index (χ1) is 18.2. The number of hydrogen-bond donors (Lipinski definition) is 2. The third-order valence-electron chi connectivity index (χ3n) is 7.42. The minimum atomic E-state index is 0.101. The van der Waals surface area contributed by atoms with E-state index in [-0.39, 0.29) is 18.0 Å². The number of amides is 1. The molecule has 3 aromatic heterocycles. The third-order valence-corrected chi connectivity index (χ3v) is 7.42. The summed E-state index contributed by atoms with van der Waals surface area (Å²) in [4.78, 5) is 21.8. The van der Waals surface area contributed by atoms with Crippen molar-refractivity contribution in [1.29, 1.82) is 0 Å². The molecule has 190 valence electrons. The van der Waals surface area contributed by atoms with Gasteiger partial charge in [0.15, 0.2) is 0 Å². The number of fused-ring (bicyclic) bond motifs is 4. The van der Waals surface area contributed by atoms with E-state index in [1.807, 2.05) is 30.6 Å². The number of benzene rings is 1. The maximum atomic E-state index is 12.6. The molecule has 3 N–H and O–H groups in total. The van der Waals surface area contributed by atoms with Crippen molar-refractivity contribution in [3.8, 4) is 11.3 Å². The number of nitrogens with zero attached hydrogens (tertiary/aromatic N) is 4. The lowest BCUT2D eigenvalue weighted by molar-refractivity contribution is -0.122. The normalized spacial score (nSPS) is 21.2. The molecule has 1 aliphatic carbocycles. The van der Waals surface area contributed by atoms with Gasteiger partial charge in [0, 0.05) is 48.0 Å². The molecule has 1 amide bonds. The highest BCUT2D eigenvalue weighted by Gasteiger charge is 2.29. The maximum Gasteiger partial charge on any atom is 0.220 e. The van der Waals surface area contributed by atoms with Crippen LogP contribution in [0.2, 0.25) is 0 Å². The molecule has 1 aromatic carbocycles. The van der Waals surface area contributed by atoms with Crippen LogP contribution in [0.25, 0.3) is 39.1 Å². The molecule has 2 bridgehead atoms. The van der Waals surface area contributed by atoms with Crippen LogP contribution in [-0.2, 0) is 9.53 Å². The Bertz CT molecular complexity index is 1480. The van der Waals surface area contributed by atoms with E-state index in [1.54, 1.807) is 0 Å². The van der Waals surface area contributed by atoms with Crippen LogP contribution in [0.4, 0.5) is 5.82 Å². The fraction of sp³-hybridized carbons (Fsp3) is 0.379. The number of pyridine rings is 2. The minimum Gasteiger partial charge on any atom is -0.383 e. The van der Waals surface area contributed by atoms with Crippen molar-refractivity contribution in [2.45, 2.75) is 57.0 Å². The molecule has 0 unspecified atom stereocenters. The zero-order valence-electron chi connectivity index (χ0n) is 20.9. The number of carbonyl (C=O) groups is 1. The van der Waals surface area contributed by atoms with Crippen LogP contribution < -0.4 is 11.1 Å². The largest absolute Gasteiger partial charge is 0.383 e. The van der Waals surface area contributed by atoms with Crippen LogP contribution in [0.15, 0.2) is 48.8 Å². The topological polar surface area (TPSA) is 108 Å². The second-order valence-electron chi connectivity index (χ2n) is 10.0. The van der Waals surface area contributed by atoms with Crippen molar-refractivity contribution in [2.24, 2.45) is 0 Å². The molecular weight excluding hydrogens is 464 g/mol. The second kappa shape index (κ2) is 10.3. The van der Waals surface area contributed by atoms with E-state index < -0.39 is 0 Å². The van der Waals surface area contributed by atoms with Crippen molar-refractivity contribution < 1.29 is 9.53 Å². The van der Waals surface area contributed by atoms with Gasteiger partial charge in [-0.15, -0.1) is 0 Å². The standard InChI is InChI=1S/C29H32N6O2/c30-29-26-27(21-15-19-7-1-2-11-24(19)31-18-21)34-35-23-10-5-9-22(16-23)33-25(36)12-6-14-37-13-4-3-8-20(17-32-29)28(26)35/h1-3,7-8,11,15,17-18,22-23H,4-6,9-10,12-14,16H2,(H2,30,32)(H,33,36)/t22-,23-/m1/s1. The lowest BCUT2D eigenvalue weighted by Crippen LogP contribution is -2.39. The Hall–Kier alpha value is -3.78. The van der Waals surface area contributed by atoms with Crippen LogP contribution in [0.3, 0.4) is 0 Å². The number of nitrogens with one attached hydrogen (secondary N) is 1. The number of hydrogen-bond acceptors (Lipinski definition) is 6. The molecule has 1 saturated carbocycles. The van der Waals surface area contributed by atoms with Gasteiger partial charge < -0.3 is 15.8 Å². The van der Waals surface area contributed by atoms with Crippen molar-refractivity contribution in [2.75, 3.05) is 18.9 Å². The molecule has 8 heteroatoms. The van der Waals surface area contributed by atoms with E-state index in [0.717, 1.165) is 77.2 Å². The average Bonchev–Trinajstić information content (AvgIpc) is 3.32. The minimum absolute atomic E-state index is 0.101. The average molecular weight is 497 g/mol. The van der Waals surface area contributed by atoms with E-state index >= 15 is 0 Å². The summed E-state index contributed by atoms with van der Waals surface area (Å²) in [5.41, 5.74) is 11.1. The van der Waals surface area contributed by atoms with Crippen LogP contribution in [0, 0.1) is 0 Å². The molecule has 2 aliphatic rings. The molecular formula is C29H32N6O2. The van der Waals surface area contributed by atoms with Crippen LogP contribution in [0.5, 0.6) is 0 Å². The van der Waals surface area contributed by atoms with Crippen molar-refractivity contribution in [1.82, 2.24) is 25.1 Å². The summed E-state index contributed by atoms with van der Waals surface area (Å²) in [6.45, 7) is 1.21. The second-order valence-corrected chi connectivity index (χ2v) is 10.0. The van der Waals surface area contributed by atoms with Gasteiger partial charge in [0.05, 0.1) is 29.1 Å². The molecule has 1 aliphatic heterocycles. The smallest absolute Gasteiger partial charge is 0.220 e. The van der Waals surface area contributed by atoms with Crippen molar-refractivity contribution in [3.63, 3.8) is 0 Å². The Kier molecular flexibility index (Phi) is 6.57.